The van der Waals surface area contributed by atoms with Gasteiger partial charge in [-0.25, -0.2) is 14.8 Å². The van der Waals surface area contributed by atoms with Gasteiger partial charge in [0.15, 0.2) is 0 Å². The highest BCUT2D eigenvalue weighted by Gasteiger charge is 2.23. The topological polar surface area (TPSA) is 75.1 Å². The van der Waals surface area contributed by atoms with Crippen molar-refractivity contribution in [3.8, 4) is 0 Å². The van der Waals surface area contributed by atoms with Crippen molar-refractivity contribution >= 4 is 22.7 Å². The fourth-order valence-corrected chi connectivity index (χ4v) is 2.45. The number of carbonyl (C=O) groups is 1. The summed E-state index contributed by atoms with van der Waals surface area (Å²) in [6.45, 7) is 2.15. The molecule has 0 spiro atoms. The molecule has 1 heterocycles. The Bertz CT molecular complexity index is 653. The van der Waals surface area contributed by atoms with Crippen molar-refractivity contribution in [2.75, 3.05) is 5.32 Å². The maximum atomic E-state index is 11.0. The summed E-state index contributed by atoms with van der Waals surface area (Å²) >= 11 is 0. The molecular weight excluding hydrogens is 254 g/mol. The summed E-state index contributed by atoms with van der Waals surface area (Å²) in [6.07, 6.45) is 5.29. The molecule has 0 saturated heterocycles. The Morgan fingerprint density at radius 3 is 2.95 bits per heavy atom. The van der Waals surface area contributed by atoms with Gasteiger partial charge in [0, 0.05) is 11.4 Å². The zero-order valence-corrected chi connectivity index (χ0v) is 11.3. The van der Waals surface area contributed by atoms with Gasteiger partial charge in [0.05, 0.1) is 11.1 Å². The molecule has 0 radical (unpaired) electrons. The molecule has 1 atom stereocenters. The minimum Gasteiger partial charge on any atom is -0.478 e. The van der Waals surface area contributed by atoms with E-state index in [0.717, 1.165) is 23.5 Å². The van der Waals surface area contributed by atoms with Crippen molar-refractivity contribution in [1.29, 1.82) is 0 Å². The van der Waals surface area contributed by atoms with Gasteiger partial charge < -0.3 is 10.4 Å². The summed E-state index contributed by atoms with van der Waals surface area (Å²) in [7, 11) is 0. The highest BCUT2D eigenvalue weighted by Crippen LogP contribution is 2.34. The van der Waals surface area contributed by atoms with Crippen LogP contribution in [0, 0.1) is 5.92 Å². The Hall–Kier alpha value is -2.17. The molecule has 1 aromatic heterocycles. The molecule has 1 fully saturated rings. The van der Waals surface area contributed by atoms with E-state index in [9.17, 15) is 4.79 Å². The molecule has 5 nitrogen and oxygen atoms in total. The lowest BCUT2D eigenvalue weighted by Crippen LogP contribution is -2.17. The van der Waals surface area contributed by atoms with Gasteiger partial charge in [0.25, 0.3) is 0 Å². The number of carboxylic acids is 1. The number of benzene rings is 1. The van der Waals surface area contributed by atoms with Gasteiger partial charge in [-0.15, -0.1) is 0 Å². The van der Waals surface area contributed by atoms with Crippen LogP contribution in [-0.2, 0) is 0 Å². The second kappa shape index (κ2) is 5.07. The zero-order chi connectivity index (χ0) is 14.1. The van der Waals surface area contributed by atoms with E-state index in [2.05, 4.69) is 22.2 Å². The second-order valence-electron chi connectivity index (χ2n) is 5.48. The molecule has 5 heteroatoms. The average Bonchev–Trinajstić information content (AvgIpc) is 3.22. The number of anilines is 1. The van der Waals surface area contributed by atoms with Crippen LogP contribution in [0.15, 0.2) is 24.5 Å². The van der Waals surface area contributed by atoms with Gasteiger partial charge in [-0.1, -0.05) is 12.8 Å². The van der Waals surface area contributed by atoms with Crippen LogP contribution in [0.3, 0.4) is 0 Å². The van der Waals surface area contributed by atoms with Gasteiger partial charge in [0.1, 0.15) is 12.1 Å². The van der Waals surface area contributed by atoms with E-state index in [1.807, 2.05) is 0 Å². The second-order valence-corrected chi connectivity index (χ2v) is 5.48. The third-order valence-corrected chi connectivity index (χ3v) is 3.65. The number of hydrogen-bond donors (Lipinski definition) is 2. The molecule has 2 aromatic rings. The zero-order valence-electron chi connectivity index (χ0n) is 11.3. The number of rotatable bonds is 5. The van der Waals surface area contributed by atoms with Gasteiger partial charge >= 0.3 is 5.97 Å². The molecular formula is C15H17N3O2. The number of nitrogens with zero attached hydrogens (tertiary/aromatic N) is 2. The lowest BCUT2D eigenvalue weighted by Gasteiger charge is -2.15. The summed E-state index contributed by atoms with van der Waals surface area (Å²) in [6, 6.07) is 5.30. The van der Waals surface area contributed by atoms with Crippen LogP contribution in [0.2, 0.25) is 0 Å². The van der Waals surface area contributed by atoms with E-state index in [-0.39, 0.29) is 5.56 Å². The molecule has 0 amide bonds. The molecule has 0 aliphatic heterocycles. The number of hydrogen-bond acceptors (Lipinski definition) is 4. The number of carboxylic acid groups (broad SMARTS) is 1. The molecule has 3 rings (SSSR count). The summed E-state index contributed by atoms with van der Waals surface area (Å²) in [5.41, 5.74) is 0.897. The summed E-state index contributed by atoms with van der Waals surface area (Å²) < 4.78 is 0. The standard InChI is InChI=1S/C15H17N3O2/c1-9(6-10-2-3-10)18-14-12-5-4-11(15(19)20)7-13(12)16-8-17-14/h4-5,7-10H,2-3,6H2,1H3,(H,19,20)(H,16,17,18). The summed E-state index contributed by atoms with van der Waals surface area (Å²) in [4.78, 5) is 19.4. The van der Waals surface area contributed by atoms with Crippen molar-refractivity contribution in [2.45, 2.75) is 32.2 Å². The highest BCUT2D eigenvalue weighted by molar-refractivity contribution is 5.96. The van der Waals surface area contributed by atoms with Crippen LogP contribution in [0.1, 0.15) is 36.5 Å². The van der Waals surface area contributed by atoms with Crippen LogP contribution in [0.5, 0.6) is 0 Å². The molecule has 104 valence electrons. The third kappa shape index (κ3) is 2.71. The Labute approximate surface area is 117 Å². The molecule has 2 N–H and O–H groups in total. The lowest BCUT2D eigenvalue weighted by atomic mass is 10.1. The first-order valence-electron chi connectivity index (χ1n) is 6.88. The van der Waals surface area contributed by atoms with E-state index in [4.69, 9.17) is 5.11 Å². The largest absolute Gasteiger partial charge is 0.478 e. The predicted molar refractivity (Wildman–Crippen MR) is 76.9 cm³/mol. The highest BCUT2D eigenvalue weighted by atomic mass is 16.4. The van der Waals surface area contributed by atoms with E-state index in [0.29, 0.717) is 11.6 Å². The smallest absolute Gasteiger partial charge is 0.335 e. The molecule has 20 heavy (non-hydrogen) atoms. The monoisotopic (exact) mass is 271 g/mol. The van der Waals surface area contributed by atoms with Crippen LogP contribution in [-0.4, -0.2) is 27.1 Å². The van der Waals surface area contributed by atoms with Crippen LogP contribution in [0.4, 0.5) is 5.82 Å². The molecule has 1 aliphatic rings. The van der Waals surface area contributed by atoms with Crippen molar-refractivity contribution in [3.05, 3.63) is 30.1 Å². The minimum atomic E-state index is -0.942. The van der Waals surface area contributed by atoms with E-state index in [1.54, 1.807) is 18.2 Å². The van der Waals surface area contributed by atoms with E-state index >= 15 is 0 Å². The lowest BCUT2D eigenvalue weighted by molar-refractivity contribution is 0.0697. The van der Waals surface area contributed by atoms with Crippen LogP contribution in [0.25, 0.3) is 10.9 Å². The molecule has 1 unspecified atom stereocenters. The van der Waals surface area contributed by atoms with Crippen molar-refractivity contribution < 1.29 is 9.90 Å². The van der Waals surface area contributed by atoms with Crippen molar-refractivity contribution in [1.82, 2.24) is 9.97 Å². The van der Waals surface area contributed by atoms with Crippen molar-refractivity contribution in [2.24, 2.45) is 5.92 Å². The molecule has 1 aliphatic carbocycles. The Morgan fingerprint density at radius 2 is 2.25 bits per heavy atom. The SMILES string of the molecule is CC(CC1CC1)Nc1ncnc2cc(C(=O)O)ccc12. The minimum absolute atomic E-state index is 0.244. The normalized spacial score (nSPS) is 16.1. The fraction of sp³-hybridized carbons (Fsp3) is 0.400. The molecule has 1 aromatic carbocycles. The first-order valence-corrected chi connectivity index (χ1v) is 6.88. The number of nitrogens with one attached hydrogen (secondary N) is 1. The van der Waals surface area contributed by atoms with E-state index < -0.39 is 5.97 Å². The number of fused-ring (bicyclic) bond motifs is 1. The first kappa shape index (κ1) is 12.8. The Kier molecular flexibility index (Phi) is 3.26. The van der Waals surface area contributed by atoms with Crippen LogP contribution < -0.4 is 5.32 Å². The Balaban J connectivity index is 1.88. The maximum absolute atomic E-state index is 11.0. The number of aromatic nitrogens is 2. The maximum Gasteiger partial charge on any atom is 0.335 e. The Morgan fingerprint density at radius 1 is 1.45 bits per heavy atom. The van der Waals surface area contributed by atoms with Crippen LogP contribution >= 0.6 is 0 Å². The third-order valence-electron chi connectivity index (χ3n) is 3.65. The number of aromatic carboxylic acids is 1. The van der Waals surface area contributed by atoms with Gasteiger partial charge in [-0.05, 0) is 37.5 Å². The van der Waals surface area contributed by atoms with E-state index in [1.165, 1.54) is 19.2 Å². The van der Waals surface area contributed by atoms with Gasteiger partial charge in [0.2, 0.25) is 0 Å². The van der Waals surface area contributed by atoms with Gasteiger partial charge in [-0.3, -0.25) is 0 Å². The van der Waals surface area contributed by atoms with Crippen molar-refractivity contribution in [3.63, 3.8) is 0 Å². The summed E-state index contributed by atoms with van der Waals surface area (Å²) in [5.74, 6) is 0.687. The molecule has 0 bridgehead atoms. The van der Waals surface area contributed by atoms with Gasteiger partial charge in [-0.2, -0.15) is 0 Å². The summed E-state index contributed by atoms with van der Waals surface area (Å²) in [5, 5.41) is 13.3. The fourth-order valence-electron chi connectivity index (χ4n) is 2.45. The average molecular weight is 271 g/mol. The molecule has 1 saturated carbocycles. The first-order chi connectivity index (χ1) is 9.63. The quantitative estimate of drug-likeness (QED) is 0.874. The predicted octanol–water partition coefficient (Wildman–Crippen LogP) is 2.93.